The zero-order chi connectivity index (χ0) is 20.1. The predicted octanol–water partition coefficient (Wildman–Crippen LogP) is 2.28. The number of hydrogen-bond acceptors (Lipinski definition) is 5. The number of rotatable bonds is 4. The molecule has 1 aromatic heterocycles. The third-order valence-corrected chi connectivity index (χ3v) is 5.97. The second-order valence-corrected chi connectivity index (χ2v) is 7.95. The molecule has 3 heterocycles. The van der Waals surface area contributed by atoms with E-state index in [0.29, 0.717) is 13.1 Å². The Hall–Kier alpha value is -2.67. The van der Waals surface area contributed by atoms with Crippen LogP contribution < -0.4 is 10.2 Å². The van der Waals surface area contributed by atoms with Crippen LogP contribution in [0.15, 0.2) is 42.7 Å². The number of aromatic nitrogens is 2. The maximum absolute atomic E-state index is 12.7. The lowest BCUT2D eigenvalue weighted by atomic mass is 10.0. The molecule has 0 radical (unpaired) electrons. The molecular formula is C22H30N6O. The Morgan fingerprint density at radius 3 is 2.38 bits per heavy atom. The minimum Gasteiger partial charge on any atom is -0.337 e. The predicted molar refractivity (Wildman–Crippen MR) is 114 cm³/mol. The Balaban J connectivity index is 1.20. The molecule has 0 spiro atoms. The molecule has 0 atom stereocenters. The molecule has 4 rings (SSSR count). The van der Waals surface area contributed by atoms with E-state index in [1.807, 2.05) is 11.0 Å². The number of aryl methyl sites for hydroxylation is 1. The van der Waals surface area contributed by atoms with E-state index in [-0.39, 0.29) is 12.1 Å². The number of carbonyl (C=O) groups is 1. The van der Waals surface area contributed by atoms with Gasteiger partial charge in [0.25, 0.3) is 0 Å². The van der Waals surface area contributed by atoms with E-state index in [2.05, 4.69) is 56.3 Å². The molecule has 7 nitrogen and oxygen atoms in total. The topological polar surface area (TPSA) is 64.6 Å². The van der Waals surface area contributed by atoms with Crippen LogP contribution in [0, 0.1) is 6.92 Å². The average molecular weight is 395 g/mol. The van der Waals surface area contributed by atoms with Crippen molar-refractivity contribution in [2.45, 2.75) is 32.4 Å². The fourth-order valence-corrected chi connectivity index (χ4v) is 4.09. The van der Waals surface area contributed by atoms with Crippen LogP contribution in [0.2, 0.25) is 0 Å². The fraction of sp³-hybridized carbons (Fsp3) is 0.500. The quantitative estimate of drug-likeness (QED) is 0.862. The molecule has 2 aliphatic rings. The summed E-state index contributed by atoms with van der Waals surface area (Å²) in [5.74, 6) is 0.744. The van der Waals surface area contributed by atoms with Crippen molar-refractivity contribution in [3.05, 3.63) is 53.9 Å². The molecule has 1 aromatic carbocycles. The number of piperazine rings is 1. The van der Waals surface area contributed by atoms with E-state index >= 15 is 0 Å². The minimum atomic E-state index is 0.0657. The van der Waals surface area contributed by atoms with E-state index < -0.39 is 0 Å². The summed E-state index contributed by atoms with van der Waals surface area (Å²) in [6.45, 7) is 8.17. The molecule has 2 aliphatic heterocycles. The van der Waals surface area contributed by atoms with Gasteiger partial charge in [0, 0.05) is 64.2 Å². The standard InChI is InChI=1S/C22H30N6O/c1-18-5-2-3-6-19(18)17-26-11-7-20(8-12-26)25-22(29)28-15-13-27(14-16-28)21-23-9-4-10-24-21/h2-6,9-10,20H,7-8,11-17H2,1H3,(H,25,29). The first-order valence-corrected chi connectivity index (χ1v) is 10.5. The molecule has 0 aliphatic carbocycles. The van der Waals surface area contributed by atoms with E-state index in [0.717, 1.165) is 51.5 Å². The Bertz CT molecular complexity index is 798. The fourth-order valence-electron chi connectivity index (χ4n) is 4.09. The number of amides is 2. The van der Waals surface area contributed by atoms with Gasteiger partial charge in [0.05, 0.1) is 0 Å². The molecule has 0 saturated carbocycles. The second kappa shape index (κ2) is 9.22. The third-order valence-electron chi connectivity index (χ3n) is 5.97. The Labute approximate surface area is 172 Å². The number of urea groups is 1. The number of carbonyl (C=O) groups excluding carboxylic acids is 1. The number of piperidine rings is 1. The largest absolute Gasteiger partial charge is 0.337 e. The van der Waals surface area contributed by atoms with Crippen molar-refractivity contribution in [1.82, 2.24) is 25.1 Å². The molecule has 1 N–H and O–H groups in total. The zero-order valence-electron chi connectivity index (χ0n) is 17.1. The van der Waals surface area contributed by atoms with Crippen LogP contribution in [-0.2, 0) is 6.54 Å². The summed E-state index contributed by atoms with van der Waals surface area (Å²) in [5.41, 5.74) is 2.75. The van der Waals surface area contributed by atoms with Crippen LogP contribution in [0.5, 0.6) is 0 Å². The highest BCUT2D eigenvalue weighted by Gasteiger charge is 2.26. The van der Waals surface area contributed by atoms with Crippen molar-refractivity contribution in [3.8, 4) is 0 Å². The van der Waals surface area contributed by atoms with E-state index in [1.165, 1.54) is 11.1 Å². The lowest BCUT2D eigenvalue weighted by Crippen LogP contribution is -2.55. The van der Waals surface area contributed by atoms with Gasteiger partial charge in [-0.25, -0.2) is 14.8 Å². The van der Waals surface area contributed by atoms with E-state index in [4.69, 9.17) is 0 Å². The van der Waals surface area contributed by atoms with Gasteiger partial charge in [0.1, 0.15) is 0 Å². The minimum absolute atomic E-state index is 0.0657. The van der Waals surface area contributed by atoms with Gasteiger partial charge in [-0.15, -0.1) is 0 Å². The summed E-state index contributed by atoms with van der Waals surface area (Å²) in [6.07, 6.45) is 5.53. The molecular weight excluding hydrogens is 364 g/mol. The molecule has 2 amide bonds. The van der Waals surface area contributed by atoms with Gasteiger partial charge in [-0.2, -0.15) is 0 Å². The highest BCUT2D eigenvalue weighted by Crippen LogP contribution is 2.17. The average Bonchev–Trinajstić information content (AvgIpc) is 2.77. The maximum Gasteiger partial charge on any atom is 0.317 e. The SMILES string of the molecule is Cc1ccccc1CN1CCC(NC(=O)N2CCN(c3ncccn3)CC2)CC1. The van der Waals surface area contributed by atoms with Gasteiger partial charge in [-0.1, -0.05) is 24.3 Å². The number of benzene rings is 1. The van der Waals surface area contributed by atoms with Crippen molar-refractivity contribution >= 4 is 12.0 Å². The Morgan fingerprint density at radius 2 is 1.69 bits per heavy atom. The van der Waals surface area contributed by atoms with Gasteiger partial charge in [0.2, 0.25) is 5.95 Å². The second-order valence-electron chi connectivity index (χ2n) is 7.95. The summed E-state index contributed by atoms with van der Waals surface area (Å²) in [5, 5.41) is 3.25. The Morgan fingerprint density at radius 1 is 1.00 bits per heavy atom. The molecule has 29 heavy (non-hydrogen) atoms. The summed E-state index contributed by atoms with van der Waals surface area (Å²) >= 11 is 0. The van der Waals surface area contributed by atoms with Crippen molar-refractivity contribution < 1.29 is 4.79 Å². The van der Waals surface area contributed by atoms with E-state index in [1.54, 1.807) is 12.4 Å². The highest BCUT2D eigenvalue weighted by molar-refractivity contribution is 5.74. The van der Waals surface area contributed by atoms with Gasteiger partial charge in [-0.3, -0.25) is 4.90 Å². The first-order valence-electron chi connectivity index (χ1n) is 10.5. The summed E-state index contributed by atoms with van der Waals surface area (Å²) in [7, 11) is 0. The van der Waals surface area contributed by atoms with Crippen LogP contribution in [-0.4, -0.2) is 71.1 Å². The van der Waals surface area contributed by atoms with E-state index in [9.17, 15) is 4.79 Å². The van der Waals surface area contributed by atoms with Crippen LogP contribution >= 0.6 is 0 Å². The van der Waals surface area contributed by atoms with Gasteiger partial charge in [0.15, 0.2) is 0 Å². The van der Waals surface area contributed by atoms with Crippen LogP contribution in [0.25, 0.3) is 0 Å². The first-order chi connectivity index (χ1) is 14.2. The normalized spacial score (nSPS) is 18.7. The molecule has 0 unspecified atom stereocenters. The summed E-state index contributed by atoms with van der Waals surface area (Å²) in [6, 6.07) is 10.7. The van der Waals surface area contributed by atoms with Crippen molar-refractivity contribution in [2.75, 3.05) is 44.2 Å². The number of likely N-dealkylation sites (tertiary alicyclic amines) is 1. The third kappa shape index (κ3) is 5.03. The smallest absolute Gasteiger partial charge is 0.317 e. The first kappa shape index (κ1) is 19.6. The molecule has 2 saturated heterocycles. The number of hydrogen-bond donors (Lipinski definition) is 1. The maximum atomic E-state index is 12.7. The highest BCUT2D eigenvalue weighted by atomic mass is 16.2. The number of nitrogens with one attached hydrogen (secondary N) is 1. The summed E-state index contributed by atoms with van der Waals surface area (Å²) in [4.78, 5) is 27.8. The van der Waals surface area contributed by atoms with Crippen LogP contribution in [0.1, 0.15) is 24.0 Å². The van der Waals surface area contributed by atoms with Crippen molar-refractivity contribution in [1.29, 1.82) is 0 Å². The lowest BCUT2D eigenvalue weighted by molar-refractivity contribution is 0.166. The molecule has 0 bridgehead atoms. The molecule has 2 fully saturated rings. The monoisotopic (exact) mass is 394 g/mol. The van der Waals surface area contributed by atoms with Crippen molar-refractivity contribution in [3.63, 3.8) is 0 Å². The molecule has 7 heteroatoms. The molecule has 2 aromatic rings. The lowest BCUT2D eigenvalue weighted by Gasteiger charge is -2.37. The van der Waals surface area contributed by atoms with Gasteiger partial charge < -0.3 is 15.1 Å². The summed E-state index contributed by atoms with van der Waals surface area (Å²) < 4.78 is 0. The van der Waals surface area contributed by atoms with Crippen LogP contribution in [0.3, 0.4) is 0 Å². The van der Waals surface area contributed by atoms with Gasteiger partial charge in [-0.05, 0) is 37.0 Å². The van der Waals surface area contributed by atoms with Gasteiger partial charge >= 0.3 is 6.03 Å². The number of anilines is 1. The zero-order valence-corrected chi connectivity index (χ0v) is 17.1. The number of nitrogens with zero attached hydrogens (tertiary/aromatic N) is 5. The Kier molecular flexibility index (Phi) is 6.24. The van der Waals surface area contributed by atoms with Crippen molar-refractivity contribution in [2.24, 2.45) is 0 Å². The molecule has 154 valence electrons. The van der Waals surface area contributed by atoms with Crippen LogP contribution in [0.4, 0.5) is 10.7 Å².